The summed E-state index contributed by atoms with van der Waals surface area (Å²) in [5.41, 5.74) is 6.03. The standard InChI is InChI=1S/C13H12ClN3O3S/c1-2-20-13(19)9-10(15)17(16-11(9)21)12(18)7-5-3-4-6-8(7)14/h3-6H,2,15H2,1H3,(H,16,21). The Bertz CT molecular complexity index is 766. The first kappa shape index (κ1) is 15.3. The molecule has 21 heavy (non-hydrogen) atoms. The number of nitrogens with two attached hydrogens (primary N) is 1. The lowest BCUT2D eigenvalue weighted by Crippen LogP contribution is -2.17. The molecule has 0 fully saturated rings. The zero-order chi connectivity index (χ0) is 15.6. The molecule has 0 aliphatic carbocycles. The highest BCUT2D eigenvalue weighted by molar-refractivity contribution is 7.71. The fourth-order valence-electron chi connectivity index (χ4n) is 1.76. The number of H-pyrrole nitrogens is 1. The van der Waals surface area contributed by atoms with Crippen molar-refractivity contribution in [3.05, 3.63) is 45.1 Å². The van der Waals surface area contributed by atoms with Gasteiger partial charge in [0.05, 0.1) is 17.2 Å². The number of aromatic nitrogens is 2. The van der Waals surface area contributed by atoms with Gasteiger partial charge < -0.3 is 10.5 Å². The fraction of sp³-hybridized carbons (Fsp3) is 0.154. The van der Waals surface area contributed by atoms with Crippen molar-refractivity contribution in [3.8, 4) is 0 Å². The average molecular weight is 326 g/mol. The Labute approximate surface area is 130 Å². The van der Waals surface area contributed by atoms with Crippen molar-refractivity contribution < 1.29 is 14.3 Å². The number of esters is 1. The van der Waals surface area contributed by atoms with Crippen LogP contribution in [0.4, 0.5) is 5.82 Å². The second-order valence-corrected chi connectivity index (χ2v) is 4.86. The molecule has 0 spiro atoms. The summed E-state index contributed by atoms with van der Waals surface area (Å²) in [7, 11) is 0. The normalized spacial score (nSPS) is 10.4. The molecule has 0 bridgehead atoms. The number of rotatable bonds is 3. The van der Waals surface area contributed by atoms with Gasteiger partial charge in [0.1, 0.15) is 16.0 Å². The van der Waals surface area contributed by atoms with Crippen molar-refractivity contribution in [2.24, 2.45) is 0 Å². The number of nitrogens with zero attached hydrogens (tertiary/aromatic N) is 1. The van der Waals surface area contributed by atoms with Gasteiger partial charge in [0.2, 0.25) is 0 Å². The molecule has 2 aromatic rings. The molecular formula is C13H12ClN3O3S. The van der Waals surface area contributed by atoms with Crippen molar-refractivity contribution >= 4 is 41.5 Å². The summed E-state index contributed by atoms with van der Waals surface area (Å²) >= 11 is 11.0. The van der Waals surface area contributed by atoms with E-state index in [-0.39, 0.29) is 33.2 Å². The molecule has 0 radical (unpaired) electrons. The lowest BCUT2D eigenvalue weighted by Gasteiger charge is -2.06. The quantitative estimate of drug-likeness (QED) is 0.668. The molecule has 3 N–H and O–H groups in total. The van der Waals surface area contributed by atoms with Gasteiger partial charge in [-0.1, -0.05) is 36.0 Å². The molecule has 0 atom stereocenters. The Morgan fingerprint density at radius 3 is 2.71 bits per heavy atom. The topological polar surface area (TPSA) is 90.1 Å². The summed E-state index contributed by atoms with van der Waals surface area (Å²) in [5, 5.41) is 2.85. The molecule has 1 aromatic carbocycles. The molecule has 110 valence electrons. The third-order valence-electron chi connectivity index (χ3n) is 2.72. The number of anilines is 1. The van der Waals surface area contributed by atoms with Gasteiger partial charge in [0.15, 0.2) is 0 Å². The predicted molar refractivity (Wildman–Crippen MR) is 81.2 cm³/mol. The van der Waals surface area contributed by atoms with E-state index < -0.39 is 11.9 Å². The Balaban J connectivity index is 2.50. The zero-order valence-corrected chi connectivity index (χ0v) is 12.6. The summed E-state index contributed by atoms with van der Waals surface area (Å²) < 4.78 is 5.87. The maximum absolute atomic E-state index is 12.4. The van der Waals surface area contributed by atoms with Crippen LogP contribution in [0, 0.1) is 4.64 Å². The zero-order valence-electron chi connectivity index (χ0n) is 11.1. The minimum absolute atomic E-state index is 0.0337. The van der Waals surface area contributed by atoms with Crippen LogP contribution in [0.25, 0.3) is 0 Å². The van der Waals surface area contributed by atoms with Crippen molar-refractivity contribution in [2.75, 3.05) is 12.3 Å². The molecule has 6 nitrogen and oxygen atoms in total. The van der Waals surface area contributed by atoms with Crippen molar-refractivity contribution in [2.45, 2.75) is 6.92 Å². The minimum Gasteiger partial charge on any atom is -0.462 e. The molecule has 0 aliphatic heterocycles. The van der Waals surface area contributed by atoms with E-state index in [2.05, 4.69) is 5.10 Å². The Morgan fingerprint density at radius 1 is 1.43 bits per heavy atom. The van der Waals surface area contributed by atoms with E-state index in [4.69, 9.17) is 34.3 Å². The monoisotopic (exact) mass is 325 g/mol. The predicted octanol–water partition coefficient (Wildman–Crippen LogP) is 2.65. The molecular weight excluding hydrogens is 314 g/mol. The molecule has 0 amide bonds. The van der Waals surface area contributed by atoms with Crippen LogP contribution in [-0.2, 0) is 4.74 Å². The van der Waals surface area contributed by atoms with Crippen molar-refractivity contribution in [1.29, 1.82) is 0 Å². The first-order valence-electron chi connectivity index (χ1n) is 6.04. The van der Waals surface area contributed by atoms with Gasteiger partial charge in [-0.2, -0.15) is 0 Å². The van der Waals surface area contributed by atoms with Gasteiger partial charge >= 0.3 is 5.97 Å². The minimum atomic E-state index is -0.679. The van der Waals surface area contributed by atoms with Crippen LogP contribution in [0.1, 0.15) is 27.6 Å². The second-order valence-electron chi connectivity index (χ2n) is 4.04. The number of nitrogens with one attached hydrogen (secondary N) is 1. The van der Waals surface area contributed by atoms with Gasteiger partial charge in [0.25, 0.3) is 5.91 Å². The Kier molecular flexibility index (Phi) is 4.44. The summed E-state index contributed by atoms with van der Waals surface area (Å²) in [6.45, 7) is 1.84. The Hall–Kier alpha value is -2.12. The number of halogens is 1. The van der Waals surface area contributed by atoms with Gasteiger partial charge in [-0.15, -0.1) is 0 Å². The highest BCUT2D eigenvalue weighted by atomic mass is 35.5. The smallest absolute Gasteiger partial charge is 0.345 e. The Morgan fingerprint density at radius 2 is 2.10 bits per heavy atom. The lowest BCUT2D eigenvalue weighted by molar-refractivity contribution is 0.0527. The molecule has 8 heteroatoms. The summed E-state index contributed by atoms with van der Waals surface area (Å²) in [6.07, 6.45) is 0. The van der Waals surface area contributed by atoms with E-state index in [1.807, 2.05) is 0 Å². The van der Waals surface area contributed by atoms with Crippen LogP contribution in [0.15, 0.2) is 24.3 Å². The van der Waals surface area contributed by atoms with Gasteiger partial charge in [0, 0.05) is 0 Å². The first-order chi connectivity index (χ1) is 9.97. The van der Waals surface area contributed by atoms with E-state index in [0.717, 1.165) is 4.68 Å². The van der Waals surface area contributed by atoms with E-state index in [9.17, 15) is 9.59 Å². The van der Waals surface area contributed by atoms with Crippen LogP contribution >= 0.6 is 23.8 Å². The van der Waals surface area contributed by atoms with Crippen LogP contribution in [-0.4, -0.2) is 28.3 Å². The van der Waals surface area contributed by atoms with Gasteiger partial charge in [-0.3, -0.25) is 9.89 Å². The number of nitrogen functional groups attached to an aromatic ring is 1. The lowest BCUT2D eigenvalue weighted by atomic mass is 10.2. The number of carbonyl (C=O) groups excluding carboxylic acids is 2. The molecule has 0 saturated heterocycles. The number of ether oxygens (including phenoxy) is 1. The first-order valence-corrected chi connectivity index (χ1v) is 6.82. The molecule has 2 rings (SSSR count). The molecule has 0 saturated carbocycles. The van der Waals surface area contributed by atoms with E-state index in [1.54, 1.807) is 31.2 Å². The average Bonchev–Trinajstić information content (AvgIpc) is 2.74. The third-order valence-corrected chi connectivity index (χ3v) is 3.35. The maximum Gasteiger partial charge on any atom is 0.345 e. The van der Waals surface area contributed by atoms with E-state index in [0.29, 0.717) is 0 Å². The summed E-state index contributed by atoms with van der Waals surface area (Å²) in [6, 6.07) is 6.49. The summed E-state index contributed by atoms with van der Waals surface area (Å²) in [5.74, 6) is -1.30. The van der Waals surface area contributed by atoms with Crippen LogP contribution in [0.2, 0.25) is 5.02 Å². The molecule has 0 aliphatic rings. The number of hydrogen-bond acceptors (Lipinski definition) is 5. The largest absolute Gasteiger partial charge is 0.462 e. The maximum atomic E-state index is 12.4. The molecule has 1 heterocycles. The van der Waals surface area contributed by atoms with Crippen molar-refractivity contribution in [3.63, 3.8) is 0 Å². The number of hydrogen-bond donors (Lipinski definition) is 2. The van der Waals surface area contributed by atoms with Crippen molar-refractivity contribution in [1.82, 2.24) is 9.78 Å². The number of aromatic amines is 1. The van der Waals surface area contributed by atoms with Crippen LogP contribution in [0.3, 0.4) is 0 Å². The highest BCUT2D eigenvalue weighted by Crippen LogP contribution is 2.20. The van der Waals surface area contributed by atoms with E-state index in [1.165, 1.54) is 0 Å². The fourth-order valence-corrected chi connectivity index (χ4v) is 2.26. The molecule has 0 unspecified atom stereocenters. The van der Waals surface area contributed by atoms with Gasteiger partial charge in [-0.05, 0) is 19.1 Å². The second kappa shape index (κ2) is 6.11. The number of benzene rings is 1. The third kappa shape index (κ3) is 2.84. The van der Waals surface area contributed by atoms with Gasteiger partial charge in [-0.25, -0.2) is 9.48 Å². The highest BCUT2D eigenvalue weighted by Gasteiger charge is 2.23. The SMILES string of the molecule is CCOC(=O)c1c(N)n(C(=O)c2ccccc2Cl)[nH]c1=S. The molecule has 1 aromatic heterocycles. The van der Waals surface area contributed by atoms with E-state index >= 15 is 0 Å². The van der Waals surface area contributed by atoms with Crippen LogP contribution < -0.4 is 5.73 Å². The van der Waals surface area contributed by atoms with Crippen LogP contribution in [0.5, 0.6) is 0 Å². The number of carbonyl (C=O) groups is 2. The summed E-state index contributed by atoms with van der Waals surface area (Å²) in [4.78, 5) is 24.2.